The van der Waals surface area contributed by atoms with E-state index in [1.807, 2.05) is 26.0 Å². The van der Waals surface area contributed by atoms with E-state index in [9.17, 15) is 24.9 Å². The molecule has 0 radical (unpaired) electrons. The summed E-state index contributed by atoms with van der Waals surface area (Å²) < 4.78 is 12.0. The van der Waals surface area contributed by atoms with E-state index in [4.69, 9.17) is 21.7 Å². The van der Waals surface area contributed by atoms with E-state index in [-0.39, 0.29) is 52.6 Å². The molecular formula is C34H44O7S. The molecule has 0 aromatic heterocycles. The van der Waals surface area contributed by atoms with E-state index >= 15 is 0 Å². The number of carbonyl (C=O) groups excluding carboxylic acids is 1. The Labute approximate surface area is 254 Å². The van der Waals surface area contributed by atoms with Gasteiger partial charge in [0.2, 0.25) is 0 Å². The molecule has 1 aromatic carbocycles. The van der Waals surface area contributed by atoms with Crippen molar-refractivity contribution in [3.8, 4) is 11.5 Å². The van der Waals surface area contributed by atoms with E-state index in [1.54, 1.807) is 6.92 Å². The highest BCUT2D eigenvalue weighted by atomic mass is 32.1. The van der Waals surface area contributed by atoms with Crippen molar-refractivity contribution in [2.75, 3.05) is 6.61 Å². The number of thiocarbonyl (C=S) groups is 1. The van der Waals surface area contributed by atoms with Crippen LogP contribution in [0.2, 0.25) is 0 Å². The number of rotatable bonds is 11. The standard InChI is InChI=1S/C34H44O7S/c1-7-8-9-10-21-14-25(36)29(23-13-18(4)11-12-22(23)17(2)3)26(15-21)41-34(42)40-16-24-19(5)27-28(20(6)35)32(37)31(27)30(24)33(38)39/h13-15,19-20,22-23,27-28,31,35-36H,2,7-12,16H2,1,3-6H3,(H,38,39)/t19-,20+,22-,23+,27?,28+,31?/m0/s1. The number of hydrogen-bond donors (Lipinski definition) is 3. The van der Waals surface area contributed by atoms with Gasteiger partial charge in [-0.15, -0.1) is 0 Å². The number of hydrogen-bond acceptors (Lipinski definition) is 7. The lowest BCUT2D eigenvalue weighted by Gasteiger charge is -2.43. The normalized spacial score (nSPS) is 27.6. The van der Waals surface area contributed by atoms with Crippen LogP contribution in [0.3, 0.4) is 0 Å². The lowest BCUT2D eigenvalue weighted by Crippen LogP contribution is -2.53. The minimum atomic E-state index is -1.16. The maximum Gasteiger partial charge on any atom is 0.358 e. The molecular weight excluding hydrogens is 552 g/mol. The fourth-order valence-corrected chi connectivity index (χ4v) is 7.45. The van der Waals surface area contributed by atoms with Crippen molar-refractivity contribution in [1.29, 1.82) is 0 Å². The molecule has 0 aliphatic heterocycles. The number of carboxylic acids is 1. The summed E-state index contributed by atoms with van der Waals surface area (Å²) in [5.74, 6) is -2.73. The average molecular weight is 597 g/mol. The van der Waals surface area contributed by atoms with E-state index in [0.29, 0.717) is 16.9 Å². The number of phenolic OH excluding ortho intramolecular Hbond substituents is 1. The van der Waals surface area contributed by atoms with Gasteiger partial charge in [0, 0.05) is 29.6 Å². The second kappa shape index (κ2) is 13.1. The van der Waals surface area contributed by atoms with Crippen LogP contribution in [0.1, 0.15) is 83.8 Å². The third-order valence-corrected chi connectivity index (χ3v) is 9.67. The molecule has 3 aliphatic rings. The van der Waals surface area contributed by atoms with E-state index in [1.165, 1.54) is 5.57 Å². The van der Waals surface area contributed by atoms with Crippen LogP contribution >= 0.6 is 12.2 Å². The molecule has 4 rings (SSSR count). The summed E-state index contributed by atoms with van der Waals surface area (Å²) in [6.45, 7) is 13.7. The highest BCUT2D eigenvalue weighted by Crippen LogP contribution is 2.55. The molecule has 1 fully saturated rings. The third-order valence-electron chi connectivity index (χ3n) is 9.47. The first-order chi connectivity index (χ1) is 19.9. The monoisotopic (exact) mass is 596 g/mol. The van der Waals surface area contributed by atoms with Gasteiger partial charge in [-0.25, -0.2) is 4.79 Å². The number of aliphatic hydroxyl groups is 1. The number of ketones is 1. The van der Waals surface area contributed by atoms with Crippen LogP contribution in [0.25, 0.3) is 0 Å². The number of aliphatic carboxylic acids is 1. The third kappa shape index (κ3) is 6.20. The molecule has 2 unspecified atom stereocenters. The predicted octanol–water partition coefficient (Wildman–Crippen LogP) is 6.66. The topological polar surface area (TPSA) is 113 Å². The number of aryl methyl sites for hydroxylation is 1. The molecule has 7 nitrogen and oxygen atoms in total. The second-order valence-corrected chi connectivity index (χ2v) is 12.7. The lowest BCUT2D eigenvalue weighted by atomic mass is 9.59. The zero-order chi connectivity index (χ0) is 30.9. The number of phenols is 1. The molecule has 0 saturated heterocycles. The quantitative estimate of drug-likeness (QED) is 0.148. The first-order valence-corrected chi connectivity index (χ1v) is 15.5. The molecule has 3 aliphatic carbocycles. The maximum absolute atomic E-state index is 12.7. The summed E-state index contributed by atoms with van der Waals surface area (Å²) >= 11 is 5.50. The van der Waals surface area contributed by atoms with Gasteiger partial charge in [-0.3, -0.25) is 4.79 Å². The first-order valence-electron chi connectivity index (χ1n) is 15.1. The second-order valence-electron chi connectivity index (χ2n) is 12.4. The maximum atomic E-state index is 12.7. The van der Waals surface area contributed by atoms with Crippen LogP contribution < -0.4 is 4.74 Å². The molecule has 1 aromatic rings. The Morgan fingerprint density at radius 3 is 2.60 bits per heavy atom. The van der Waals surface area contributed by atoms with Crippen LogP contribution in [0.15, 0.2) is 47.1 Å². The lowest BCUT2D eigenvalue weighted by molar-refractivity contribution is -0.151. The Balaban J connectivity index is 1.61. The van der Waals surface area contributed by atoms with Gasteiger partial charge < -0.3 is 24.8 Å². The fraction of sp³-hybridized carbons (Fsp3) is 0.559. The van der Waals surface area contributed by atoms with E-state index in [2.05, 4.69) is 26.5 Å². The minimum absolute atomic E-state index is 0.0422. The van der Waals surface area contributed by atoms with Gasteiger partial charge >= 0.3 is 11.2 Å². The molecule has 0 heterocycles. The molecule has 3 N–H and O–H groups in total. The number of fused-ring (bicyclic) bond motifs is 1. The Morgan fingerprint density at radius 1 is 1.26 bits per heavy atom. The van der Waals surface area contributed by atoms with Gasteiger partial charge in [-0.05, 0) is 87.5 Å². The van der Waals surface area contributed by atoms with Crippen LogP contribution in [-0.4, -0.2) is 45.0 Å². The van der Waals surface area contributed by atoms with Gasteiger partial charge in [-0.1, -0.05) is 50.5 Å². The Bertz CT molecular complexity index is 1320. The highest BCUT2D eigenvalue weighted by Gasteiger charge is 2.61. The summed E-state index contributed by atoms with van der Waals surface area (Å²) in [6.07, 6.45) is 7.10. The first kappa shape index (κ1) is 32.0. The zero-order valence-corrected chi connectivity index (χ0v) is 26.1. The molecule has 228 valence electrons. The predicted molar refractivity (Wildman–Crippen MR) is 166 cm³/mol. The SMILES string of the molecule is C=C(C)[C@@H]1CCC(C)=C[C@H]1c1c(O)cc(CCCCC)cc1OC(=S)OCC1=C(C(=O)O)C2C(=O)[C@H]([C@@H](C)O)C2[C@H]1C. The minimum Gasteiger partial charge on any atom is -0.507 e. The van der Waals surface area contributed by atoms with Crippen LogP contribution in [-0.2, 0) is 20.7 Å². The number of allylic oxidation sites excluding steroid dienone is 3. The number of unbranched alkanes of at least 4 members (excludes halogenated alkanes) is 2. The average Bonchev–Trinajstić information content (AvgIpc) is 3.15. The number of aliphatic hydroxyl groups excluding tert-OH is 1. The summed E-state index contributed by atoms with van der Waals surface area (Å²) in [4.78, 5) is 24.9. The van der Waals surface area contributed by atoms with E-state index in [0.717, 1.165) is 49.7 Å². The van der Waals surface area contributed by atoms with Crippen LogP contribution in [0.5, 0.6) is 11.5 Å². The van der Waals surface area contributed by atoms with Crippen molar-refractivity contribution in [2.45, 2.75) is 85.2 Å². The van der Waals surface area contributed by atoms with Crippen molar-refractivity contribution in [3.05, 3.63) is 58.2 Å². The number of Topliss-reactive ketones (excluding diaryl/α,β-unsaturated/α-hetero) is 1. The van der Waals surface area contributed by atoms with Gasteiger partial charge in [0.15, 0.2) is 0 Å². The molecule has 0 bridgehead atoms. The van der Waals surface area contributed by atoms with Crippen molar-refractivity contribution in [2.24, 2.45) is 29.6 Å². The Kier molecular flexibility index (Phi) is 9.99. The molecule has 0 amide bonds. The summed E-state index contributed by atoms with van der Waals surface area (Å²) in [7, 11) is 0. The number of ether oxygens (including phenoxy) is 2. The summed E-state index contributed by atoms with van der Waals surface area (Å²) in [5.41, 5.74) is 4.37. The smallest absolute Gasteiger partial charge is 0.358 e. The Morgan fingerprint density at radius 2 is 1.98 bits per heavy atom. The van der Waals surface area contributed by atoms with E-state index < -0.39 is 23.9 Å². The van der Waals surface area contributed by atoms with Gasteiger partial charge in [0.1, 0.15) is 23.9 Å². The zero-order valence-electron chi connectivity index (χ0n) is 25.3. The summed E-state index contributed by atoms with van der Waals surface area (Å²) in [5, 5.41) is 31.2. The number of carbonyl (C=O) groups is 2. The van der Waals surface area contributed by atoms with Crippen LogP contribution in [0, 0.1) is 29.6 Å². The molecule has 1 saturated carbocycles. The van der Waals surface area contributed by atoms with Gasteiger partial charge in [0.25, 0.3) is 0 Å². The van der Waals surface area contributed by atoms with Crippen molar-refractivity contribution < 1.29 is 34.4 Å². The van der Waals surface area contributed by atoms with Crippen LogP contribution in [0.4, 0.5) is 0 Å². The molecule has 0 spiro atoms. The summed E-state index contributed by atoms with van der Waals surface area (Å²) in [6, 6.07) is 3.73. The largest absolute Gasteiger partial charge is 0.507 e. The number of carboxylic acid groups (broad SMARTS) is 1. The highest BCUT2D eigenvalue weighted by molar-refractivity contribution is 7.79. The molecule has 7 atom stereocenters. The van der Waals surface area contributed by atoms with Crippen molar-refractivity contribution in [3.63, 3.8) is 0 Å². The van der Waals surface area contributed by atoms with Crippen molar-refractivity contribution >= 4 is 29.2 Å². The van der Waals surface area contributed by atoms with Gasteiger partial charge in [0.05, 0.1) is 17.6 Å². The Hall–Kier alpha value is -2.97. The van der Waals surface area contributed by atoms with Gasteiger partial charge in [-0.2, -0.15) is 0 Å². The number of benzene rings is 1. The number of aromatic hydroxyl groups is 1. The van der Waals surface area contributed by atoms with Crippen molar-refractivity contribution in [1.82, 2.24) is 0 Å². The molecule has 8 heteroatoms. The fourth-order valence-electron chi connectivity index (χ4n) is 7.30. The molecule has 42 heavy (non-hydrogen) atoms.